The van der Waals surface area contributed by atoms with Crippen LogP contribution in [-0.4, -0.2) is 72.1 Å². The number of aliphatic carboxylic acids is 1. The van der Waals surface area contributed by atoms with Crippen molar-refractivity contribution in [2.45, 2.75) is 18.9 Å². The average Bonchev–Trinajstić information content (AvgIpc) is 2.34. The van der Waals surface area contributed by atoms with Crippen LogP contribution in [0.2, 0.25) is 0 Å². The van der Waals surface area contributed by atoms with E-state index in [9.17, 15) is 14.4 Å². The van der Waals surface area contributed by atoms with Crippen LogP contribution in [0.15, 0.2) is 0 Å². The van der Waals surface area contributed by atoms with E-state index >= 15 is 0 Å². The number of urea groups is 1. The highest BCUT2D eigenvalue weighted by molar-refractivity contribution is 5.83. The van der Waals surface area contributed by atoms with Crippen molar-refractivity contribution in [2.24, 2.45) is 5.73 Å². The van der Waals surface area contributed by atoms with Gasteiger partial charge in [0.2, 0.25) is 5.91 Å². The molecule has 1 atom stereocenters. The third-order valence-corrected chi connectivity index (χ3v) is 3.07. The molecule has 1 saturated heterocycles. The van der Waals surface area contributed by atoms with Crippen molar-refractivity contribution >= 4 is 17.9 Å². The second-order valence-corrected chi connectivity index (χ2v) is 4.64. The lowest BCUT2D eigenvalue weighted by Gasteiger charge is -2.33. The highest BCUT2D eigenvalue weighted by Gasteiger charge is 2.25. The summed E-state index contributed by atoms with van der Waals surface area (Å²) in [7, 11) is 1.96. The molecule has 0 spiro atoms. The lowest BCUT2D eigenvalue weighted by Crippen LogP contribution is -2.54. The van der Waals surface area contributed by atoms with Crippen LogP contribution >= 0.6 is 0 Å². The van der Waals surface area contributed by atoms with Gasteiger partial charge >= 0.3 is 12.0 Å². The van der Waals surface area contributed by atoms with E-state index in [0.29, 0.717) is 13.1 Å². The Balaban J connectivity index is 2.46. The van der Waals surface area contributed by atoms with E-state index in [-0.39, 0.29) is 12.8 Å². The fourth-order valence-electron chi connectivity index (χ4n) is 1.79. The van der Waals surface area contributed by atoms with Crippen molar-refractivity contribution < 1.29 is 19.5 Å². The normalized spacial score (nSPS) is 17.8. The van der Waals surface area contributed by atoms with E-state index < -0.39 is 23.9 Å². The number of carboxylic acids is 1. The quantitative estimate of drug-likeness (QED) is 0.573. The topological polar surface area (TPSA) is 116 Å². The van der Waals surface area contributed by atoms with Crippen molar-refractivity contribution in [1.82, 2.24) is 15.1 Å². The van der Waals surface area contributed by atoms with E-state index in [1.807, 2.05) is 7.05 Å². The zero-order valence-electron chi connectivity index (χ0n) is 11.0. The van der Waals surface area contributed by atoms with Crippen molar-refractivity contribution in [3.8, 4) is 0 Å². The van der Waals surface area contributed by atoms with E-state index in [2.05, 4.69) is 10.2 Å². The number of nitrogens with zero attached hydrogens (tertiary/aromatic N) is 2. The predicted octanol–water partition coefficient (Wildman–Crippen LogP) is -1.34. The first kappa shape index (κ1) is 15.2. The smallest absolute Gasteiger partial charge is 0.326 e. The molecule has 0 bridgehead atoms. The summed E-state index contributed by atoms with van der Waals surface area (Å²) in [5.74, 6) is -1.75. The number of hydrogen-bond donors (Lipinski definition) is 3. The number of carbonyl (C=O) groups is 3. The summed E-state index contributed by atoms with van der Waals surface area (Å²) >= 11 is 0. The van der Waals surface area contributed by atoms with E-state index in [1.54, 1.807) is 4.90 Å². The number of rotatable bonds is 5. The van der Waals surface area contributed by atoms with Gasteiger partial charge in [0.15, 0.2) is 0 Å². The molecule has 108 valence electrons. The zero-order chi connectivity index (χ0) is 14.4. The molecule has 0 radical (unpaired) electrons. The van der Waals surface area contributed by atoms with Crippen LogP contribution in [0, 0.1) is 0 Å². The molecular formula is C11H20N4O4. The van der Waals surface area contributed by atoms with Crippen molar-refractivity contribution in [2.75, 3.05) is 33.2 Å². The van der Waals surface area contributed by atoms with Gasteiger partial charge in [-0.05, 0) is 13.5 Å². The third-order valence-electron chi connectivity index (χ3n) is 3.07. The second kappa shape index (κ2) is 6.93. The number of nitrogens with one attached hydrogen (secondary N) is 1. The molecule has 8 nitrogen and oxygen atoms in total. The van der Waals surface area contributed by atoms with Gasteiger partial charge in [0.1, 0.15) is 6.04 Å². The van der Waals surface area contributed by atoms with E-state index in [0.717, 1.165) is 13.1 Å². The molecular weight excluding hydrogens is 252 g/mol. The first-order valence-electron chi connectivity index (χ1n) is 6.15. The Morgan fingerprint density at radius 2 is 1.84 bits per heavy atom. The fraction of sp³-hybridized carbons (Fsp3) is 0.727. The van der Waals surface area contributed by atoms with Gasteiger partial charge < -0.3 is 26.0 Å². The number of amides is 3. The number of nitrogens with two attached hydrogens (primary N) is 1. The van der Waals surface area contributed by atoms with Gasteiger partial charge in [-0.15, -0.1) is 0 Å². The Hall–Kier alpha value is -1.83. The summed E-state index contributed by atoms with van der Waals surface area (Å²) in [4.78, 5) is 37.2. The molecule has 1 unspecified atom stereocenters. The van der Waals surface area contributed by atoms with Gasteiger partial charge in [-0.2, -0.15) is 0 Å². The lowest BCUT2D eigenvalue weighted by atomic mass is 10.1. The second-order valence-electron chi connectivity index (χ2n) is 4.64. The highest BCUT2D eigenvalue weighted by Crippen LogP contribution is 2.03. The maximum atomic E-state index is 11.9. The SMILES string of the molecule is CN1CCN(C(=O)NC(CCC(N)=O)C(=O)O)CC1. The molecule has 1 fully saturated rings. The number of carboxylic acid groups (broad SMARTS) is 1. The van der Waals surface area contributed by atoms with Crippen LogP contribution in [0.3, 0.4) is 0 Å². The van der Waals surface area contributed by atoms with Crippen molar-refractivity contribution in [3.05, 3.63) is 0 Å². The maximum absolute atomic E-state index is 11.9. The summed E-state index contributed by atoms with van der Waals surface area (Å²) in [5, 5.41) is 11.4. The molecule has 0 aromatic heterocycles. The minimum absolute atomic E-state index is 0.00412. The average molecular weight is 272 g/mol. The number of carbonyl (C=O) groups excluding carboxylic acids is 2. The monoisotopic (exact) mass is 272 g/mol. The molecule has 19 heavy (non-hydrogen) atoms. The Kier molecular flexibility index (Phi) is 5.56. The molecule has 0 aromatic rings. The van der Waals surface area contributed by atoms with Crippen LogP contribution in [0.25, 0.3) is 0 Å². The minimum Gasteiger partial charge on any atom is -0.480 e. The standard InChI is InChI=1S/C11H20N4O4/c1-14-4-6-15(7-5-14)11(19)13-8(10(17)18)2-3-9(12)16/h8H,2-7H2,1H3,(H2,12,16)(H,13,19)(H,17,18). The van der Waals surface area contributed by atoms with Crippen molar-refractivity contribution in [1.29, 1.82) is 0 Å². The molecule has 0 aliphatic carbocycles. The maximum Gasteiger partial charge on any atom is 0.326 e. The molecule has 3 amide bonds. The Labute approximate surface area is 111 Å². The summed E-state index contributed by atoms with van der Waals surface area (Å²) < 4.78 is 0. The lowest BCUT2D eigenvalue weighted by molar-refractivity contribution is -0.139. The van der Waals surface area contributed by atoms with Crippen LogP contribution in [0.4, 0.5) is 4.79 Å². The highest BCUT2D eigenvalue weighted by atomic mass is 16.4. The molecule has 4 N–H and O–H groups in total. The first-order valence-corrected chi connectivity index (χ1v) is 6.15. The summed E-state index contributed by atoms with van der Waals surface area (Å²) in [6.07, 6.45) is -0.0653. The van der Waals surface area contributed by atoms with Crippen LogP contribution in [-0.2, 0) is 9.59 Å². The Bertz CT molecular complexity index is 353. The van der Waals surface area contributed by atoms with E-state index in [1.165, 1.54) is 0 Å². The molecule has 1 rings (SSSR count). The summed E-state index contributed by atoms with van der Waals surface area (Å²) in [6.45, 7) is 2.63. The zero-order valence-corrected chi connectivity index (χ0v) is 11.0. The first-order chi connectivity index (χ1) is 8.90. The fourth-order valence-corrected chi connectivity index (χ4v) is 1.79. The van der Waals surface area contributed by atoms with Gasteiger partial charge in [0, 0.05) is 32.6 Å². The molecule has 0 saturated carbocycles. The van der Waals surface area contributed by atoms with Crippen LogP contribution < -0.4 is 11.1 Å². The third kappa shape index (κ3) is 5.12. The molecule has 1 aliphatic rings. The van der Waals surface area contributed by atoms with E-state index in [4.69, 9.17) is 10.8 Å². The number of hydrogen-bond acceptors (Lipinski definition) is 4. The number of likely N-dealkylation sites (N-methyl/N-ethyl adjacent to an activating group) is 1. The minimum atomic E-state index is -1.16. The largest absolute Gasteiger partial charge is 0.480 e. The summed E-state index contributed by atoms with van der Waals surface area (Å²) in [6, 6.07) is -1.50. The van der Waals surface area contributed by atoms with Gasteiger partial charge in [-0.1, -0.05) is 0 Å². The Morgan fingerprint density at radius 3 is 2.32 bits per heavy atom. The van der Waals surface area contributed by atoms with Crippen LogP contribution in [0.1, 0.15) is 12.8 Å². The number of primary amides is 1. The molecule has 0 aromatic carbocycles. The van der Waals surface area contributed by atoms with Crippen molar-refractivity contribution in [3.63, 3.8) is 0 Å². The number of piperazine rings is 1. The molecule has 1 aliphatic heterocycles. The molecule has 1 heterocycles. The van der Waals surface area contributed by atoms with Gasteiger partial charge in [-0.25, -0.2) is 9.59 Å². The predicted molar refractivity (Wildman–Crippen MR) is 67.5 cm³/mol. The molecule has 8 heteroatoms. The van der Waals surface area contributed by atoms with Crippen LogP contribution in [0.5, 0.6) is 0 Å². The van der Waals surface area contributed by atoms with Gasteiger partial charge in [0.25, 0.3) is 0 Å². The Morgan fingerprint density at radius 1 is 1.26 bits per heavy atom. The van der Waals surface area contributed by atoms with Gasteiger partial charge in [-0.3, -0.25) is 4.79 Å². The van der Waals surface area contributed by atoms with Gasteiger partial charge in [0.05, 0.1) is 0 Å². The summed E-state index contributed by atoms with van der Waals surface area (Å²) in [5.41, 5.74) is 4.97.